The summed E-state index contributed by atoms with van der Waals surface area (Å²) in [5.74, 6) is 2.16. The van der Waals surface area contributed by atoms with Crippen LogP contribution in [0.5, 0.6) is 11.5 Å². The number of nitrogens with one attached hydrogen (secondary N) is 1. The van der Waals surface area contributed by atoms with Gasteiger partial charge in [0.05, 0.1) is 19.9 Å². The second-order valence-electron chi connectivity index (χ2n) is 7.84. The number of benzene rings is 2. The average Bonchev–Trinajstić information content (AvgIpc) is 3.60. The van der Waals surface area contributed by atoms with E-state index in [1.54, 1.807) is 19.1 Å². The molecule has 0 aliphatic carbocycles. The average molecular weight is 445 g/mol. The van der Waals surface area contributed by atoms with E-state index in [0.29, 0.717) is 48.4 Å². The fourth-order valence-electron chi connectivity index (χ4n) is 4.01. The van der Waals surface area contributed by atoms with Crippen LogP contribution in [0.4, 0.5) is 0 Å². The summed E-state index contributed by atoms with van der Waals surface area (Å²) in [5.41, 5.74) is 3.30. The van der Waals surface area contributed by atoms with Crippen molar-refractivity contribution in [1.29, 1.82) is 0 Å². The standard InChI is InChI=1S/C24H23N5O4/c1-31-18-8-9-21(32-2)16(10-18)13-29-14-17(11-22(29)30)23-25-24(33-28-23)20-12-19(26-27-20)15-6-4-3-5-7-15/h3-10,12,17H,11,13-14H2,1-2H3,(H,26,27). The van der Waals surface area contributed by atoms with Gasteiger partial charge in [-0.2, -0.15) is 10.1 Å². The third-order valence-electron chi connectivity index (χ3n) is 5.75. The van der Waals surface area contributed by atoms with Gasteiger partial charge in [0, 0.05) is 36.6 Å². The SMILES string of the molecule is COc1ccc(OC)c(CN2CC(c3noc(-c4cc(-c5ccccc5)n[nH]4)n3)CC2=O)c1. The molecule has 0 spiro atoms. The quantitative estimate of drug-likeness (QED) is 0.463. The number of amides is 1. The van der Waals surface area contributed by atoms with Gasteiger partial charge in [0.25, 0.3) is 5.89 Å². The van der Waals surface area contributed by atoms with Crippen molar-refractivity contribution in [3.05, 3.63) is 66.0 Å². The van der Waals surface area contributed by atoms with Crippen LogP contribution < -0.4 is 9.47 Å². The van der Waals surface area contributed by atoms with Crippen LogP contribution in [0.2, 0.25) is 0 Å². The number of methoxy groups -OCH3 is 2. The molecule has 33 heavy (non-hydrogen) atoms. The first-order valence-electron chi connectivity index (χ1n) is 10.6. The zero-order chi connectivity index (χ0) is 22.8. The number of carbonyl (C=O) groups is 1. The maximum Gasteiger partial charge on any atom is 0.275 e. The van der Waals surface area contributed by atoms with E-state index in [1.807, 2.05) is 54.6 Å². The second-order valence-corrected chi connectivity index (χ2v) is 7.84. The van der Waals surface area contributed by atoms with Crippen molar-refractivity contribution in [3.63, 3.8) is 0 Å². The highest BCUT2D eigenvalue weighted by atomic mass is 16.5. The van der Waals surface area contributed by atoms with Crippen LogP contribution in [-0.2, 0) is 11.3 Å². The van der Waals surface area contributed by atoms with Gasteiger partial charge in [0.2, 0.25) is 5.91 Å². The lowest BCUT2D eigenvalue weighted by atomic mass is 10.1. The molecule has 0 radical (unpaired) electrons. The van der Waals surface area contributed by atoms with Crippen LogP contribution in [0.15, 0.2) is 59.1 Å². The van der Waals surface area contributed by atoms with Gasteiger partial charge in [-0.1, -0.05) is 35.5 Å². The monoisotopic (exact) mass is 445 g/mol. The molecule has 3 heterocycles. The molecule has 168 valence electrons. The highest BCUT2D eigenvalue weighted by Crippen LogP contribution is 2.32. The Morgan fingerprint density at radius 1 is 1.12 bits per heavy atom. The minimum Gasteiger partial charge on any atom is -0.497 e. The number of hydrogen-bond acceptors (Lipinski definition) is 7. The first-order valence-corrected chi connectivity index (χ1v) is 10.6. The Kier molecular flexibility index (Phi) is 5.52. The number of aromatic nitrogens is 4. The molecule has 9 heteroatoms. The van der Waals surface area contributed by atoms with E-state index >= 15 is 0 Å². The summed E-state index contributed by atoms with van der Waals surface area (Å²) in [6.07, 6.45) is 0.323. The molecule has 1 aliphatic rings. The maximum absolute atomic E-state index is 12.7. The first-order chi connectivity index (χ1) is 16.1. The van der Waals surface area contributed by atoms with Gasteiger partial charge >= 0.3 is 0 Å². The molecule has 1 N–H and O–H groups in total. The minimum atomic E-state index is -0.150. The number of rotatable bonds is 7. The Balaban J connectivity index is 1.30. The number of likely N-dealkylation sites (tertiary alicyclic amines) is 1. The van der Waals surface area contributed by atoms with Crippen molar-refractivity contribution in [3.8, 4) is 34.3 Å². The molecule has 2 aromatic heterocycles. The number of H-pyrrole nitrogens is 1. The molecule has 2 aromatic carbocycles. The van der Waals surface area contributed by atoms with Crippen molar-refractivity contribution < 1.29 is 18.8 Å². The number of ether oxygens (including phenoxy) is 2. The Morgan fingerprint density at radius 3 is 2.76 bits per heavy atom. The van der Waals surface area contributed by atoms with Crippen molar-refractivity contribution in [1.82, 2.24) is 25.2 Å². The van der Waals surface area contributed by atoms with Crippen LogP contribution in [0.25, 0.3) is 22.8 Å². The zero-order valence-electron chi connectivity index (χ0n) is 18.3. The molecule has 1 saturated heterocycles. The van der Waals surface area contributed by atoms with Crippen LogP contribution in [0.1, 0.15) is 23.7 Å². The van der Waals surface area contributed by atoms with Crippen molar-refractivity contribution in [2.24, 2.45) is 0 Å². The first kappa shape index (κ1) is 20.7. The molecular formula is C24H23N5O4. The third kappa shape index (κ3) is 4.17. The van der Waals surface area contributed by atoms with E-state index in [2.05, 4.69) is 20.3 Å². The van der Waals surface area contributed by atoms with Gasteiger partial charge in [-0.25, -0.2) is 0 Å². The number of carbonyl (C=O) groups excluding carboxylic acids is 1. The van der Waals surface area contributed by atoms with Crippen molar-refractivity contribution in [2.45, 2.75) is 18.9 Å². The maximum atomic E-state index is 12.7. The summed E-state index contributed by atoms with van der Waals surface area (Å²) >= 11 is 0. The van der Waals surface area contributed by atoms with Crippen molar-refractivity contribution >= 4 is 5.91 Å². The zero-order valence-corrected chi connectivity index (χ0v) is 18.3. The van der Waals surface area contributed by atoms with Gasteiger partial charge in [-0.3, -0.25) is 9.89 Å². The summed E-state index contributed by atoms with van der Waals surface area (Å²) in [7, 11) is 3.22. The smallest absolute Gasteiger partial charge is 0.275 e. The lowest BCUT2D eigenvalue weighted by Crippen LogP contribution is -2.24. The Bertz CT molecular complexity index is 1270. The molecule has 1 aliphatic heterocycles. The van der Waals surface area contributed by atoms with Gasteiger partial charge in [-0.15, -0.1) is 0 Å². The van der Waals surface area contributed by atoms with E-state index in [1.165, 1.54) is 0 Å². The fourth-order valence-corrected chi connectivity index (χ4v) is 4.01. The number of aromatic amines is 1. The molecule has 1 unspecified atom stereocenters. The lowest BCUT2D eigenvalue weighted by Gasteiger charge is -2.18. The van der Waals surface area contributed by atoms with E-state index in [9.17, 15) is 4.79 Å². The predicted molar refractivity (Wildman–Crippen MR) is 120 cm³/mol. The summed E-state index contributed by atoms with van der Waals surface area (Å²) in [6.45, 7) is 0.914. The minimum absolute atomic E-state index is 0.0316. The summed E-state index contributed by atoms with van der Waals surface area (Å²) < 4.78 is 16.2. The summed E-state index contributed by atoms with van der Waals surface area (Å²) in [5, 5.41) is 11.4. The lowest BCUT2D eigenvalue weighted by molar-refractivity contribution is -0.128. The molecule has 4 aromatic rings. The van der Waals surface area contributed by atoms with E-state index < -0.39 is 0 Å². The number of nitrogens with zero attached hydrogens (tertiary/aromatic N) is 4. The van der Waals surface area contributed by atoms with Crippen LogP contribution in [0.3, 0.4) is 0 Å². The highest BCUT2D eigenvalue weighted by molar-refractivity contribution is 5.79. The molecule has 0 saturated carbocycles. The van der Waals surface area contributed by atoms with Crippen LogP contribution in [-0.4, -0.2) is 51.9 Å². The Morgan fingerprint density at radius 2 is 1.97 bits per heavy atom. The fraction of sp³-hybridized carbons (Fsp3) is 0.250. The van der Waals surface area contributed by atoms with E-state index in [0.717, 1.165) is 16.8 Å². The molecular weight excluding hydrogens is 422 g/mol. The third-order valence-corrected chi connectivity index (χ3v) is 5.75. The molecule has 1 fully saturated rings. The predicted octanol–water partition coefficient (Wildman–Crippen LogP) is 3.66. The summed E-state index contributed by atoms with van der Waals surface area (Å²) in [4.78, 5) is 19.0. The highest BCUT2D eigenvalue weighted by Gasteiger charge is 2.34. The van der Waals surface area contributed by atoms with E-state index in [-0.39, 0.29) is 11.8 Å². The van der Waals surface area contributed by atoms with Crippen LogP contribution in [0, 0.1) is 0 Å². The number of hydrogen-bond donors (Lipinski definition) is 1. The largest absolute Gasteiger partial charge is 0.497 e. The van der Waals surface area contributed by atoms with Gasteiger partial charge in [-0.05, 0) is 24.3 Å². The Labute approximate surface area is 190 Å². The molecule has 1 atom stereocenters. The van der Waals surface area contributed by atoms with E-state index in [4.69, 9.17) is 14.0 Å². The van der Waals surface area contributed by atoms with Gasteiger partial charge in [0.15, 0.2) is 5.82 Å². The van der Waals surface area contributed by atoms with Crippen molar-refractivity contribution in [2.75, 3.05) is 20.8 Å². The molecule has 1 amide bonds. The molecule has 0 bridgehead atoms. The molecule has 9 nitrogen and oxygen atoms in total. The van der Waals surface area contributed by atoms with Gasteiger partial charge < -0.3 is 18.9 Å². The normalized spacial score (nSPS) is 15.8. The molecule has 5 rings (SSSR count). The Hall–Kier alpha value is -4.14. The van der Waals surface area contributed by atoms with Crippen LogP contribution >= 0.6 is 0 Å². The summed E-state index contributed by atoms with van der Waals surface area (Å²) in [6, 6.07) is 17.3. The topological polar surface area (TPSA) is 106 Å². The second kappa shape index (κ2) is 8.78. The van der Waals surface area contributed by atoms with Gasteiger partial charge in [0.1, 0.15) is 17.2 Å².